The summed E-state index contributed by atoms with van der Waals surface area (Å²) >= 11 is 1.47. The molecule has 1 heterocycles. The van der Waals surface area contributed by atoms with Gasteiger partial charge in [-0.3, -0.25) is 9.59 Å². The number of aliphatic hydroxyl groups is 1. The molecule has 2 atom stereocenters. The van der Waals surface area contributed by atoms with Gasteiger partial charge in [0.05, 0.1) is 18.7 Å². The first-order valence-corrected chi connectivity index (χ1v) is 14.7. The number of hydrogen-bond acceptors (Lipinski definition) is 7. The summed E-state index contributed by atoms with van der Waals surface area (Å²) < 4.78 is 41.7. The Morgan fingerprint density at radius 1 is 1.00 bits per heavy atom. The normalized spacial score (nSPS) is 12.8. The molecule has 0 saturated carbocycles. The SMILES string of the molecule is Cc1csc(CN(C)C(=O)c2cccc(C(=O)N[C@@H](Cc3ccccc3)[C@H](O)CNCc3cccc(OC(F)(F)F)c3)c2)n1. The summed E-state index contributed by atoms with van der Waals surface area (Å²) in [6, 6.07) is 20.5. The third-order valence-electron chi connectivity index (χ3n) is 6.65. The van der Waals surface area contributed by atoms with Crippen molar-refractivity contribution < 1.29 is 32.6 Å². The largest absolute Gasteiger partial charge is 0.573 e. The zero-order valence-corrected chi connectivity index (χ0v) is 25.0. The molecule has 4 aromatic rings. The molecule has 4 rings (SSSR count). The number of benzene rings is 3. The average Bonchev–Trinajstić information content (AvgIpc) is 3.40. The molecule has 0 aliphatic carbocycles. The lowest BCUT2D eigenvalue weighted by Crippen LogP contribution is -2.48. The van der Waals surface area contributed by atoms with Gasteiger partial charge in [-0.1, -0.05) is 48.5 Å². The molecule has 0 aliphatic rings. The highest BCUT2D eigenvalue weighted by atomic mass is 32.1. The molecule has 232 valence electrons. The molecule has 12 heteroatoms. The van der Waals surface area contributed by atoms with Crippen LogP contribution in [0.4, 0.5) is 13.2 Å². The van der Waals surface area contributed by atoms with E-state index in [0.29, 0.717) is 24.1 Å². The van der Waals surface area contributed by atoms with Crippen molar-refractivity contribution in [3.63, 3.8) is 0 Å². The standard InChI is InChI=1S/C32H33F3N4O4S/c1-21-20-44-29(37-21)19-39(2)31(42)25-12-7-11-24(16-25)30(41)38-27(15-22-8-4-3-5-9-22)28(40)18-36-17-23-10-6-13-26(14-23)43-32(33,34)35/h3-14,16,20,27-28,36,40H,15,17-19H2,1-2H3,(H,38,41)/t27-,28+/m0/s1. The number of thiazole rings is 1. The molecule has 3 aromatic carbocycles. The van der Waals surface area contributed by atoms with Crippen molar-refractivity contribution >= 4 is 23.2 Å². The molecular formula is C32H33F3N4O4S. The zero-order valence-electron chi connectivity index (χ0n) is 24.2. The number of alkyl halides is 3. The Bertz CT molecular complexity index is 1550. The molecule has 3 N–H and O–H groups in total. The second-order valence-electron chi connectivity index (χ2n) is 10.3. The average molecular weight is 627 g/mol. The summed E-state index contributed by atoms with van der Waals surface area (Å²) in [5, 5.41) is 19.7. The van der Waals surface area contributed by atoms with E-state index >= 15 is 0 Å². The van der Waals surface area contributed by atoms with Crippen LogP contribution in [0, 0.1) is 6.92 Å². The van der Waals surface area contributed by atoms with E-state index in [-0.39, 0.29) is 30.3 Å². The number of ether oxygens (including phenoxy) is 1. The minimum atomic E-state index is -4.80. The van der Waals surface area contributed by atoms with Gasteiger partial charge in [0.25, 0.3) is 11.8 Å². The number of aryl methyl sites for hydroxylation is 1. The maximum absolute atomic E-state index is 13.4. The van der Waals surface area contributed by atoms with E-state index in [1.54, 1.807) is 31.3 Å². The van der Waals surface area contributed by atoms with Crippen molar-refractivity contribution in [1.82, 2.24) is 20.5 Å². The van der Waals surface area contributed by atoms with E-state index in [4.69, 9.17) is 0 Å². The van der Waals surface area contributed by atoms with Gasteiger partial charge in [0.15, 0.2) is 0 Å². The van der Waals surface area contributed by atoms with Crippen LogP contribution in [0.25, 0.3) is 0 Å². The third-order valence-corrected chi connectivity index (χ3v) is 7.60. The molecule has 1 aromatic heterocycles. The molecule has 2 amide bonds. The number of hydrogen-bond donors (Lipinski definition) is 3. The van der Waals surface area contributed by atoms with Crippen molar-refractivity contribution in [3.8, 4) is 5.75 Å². The molecule has 0 radical (unpaired) electrons. The smallest absolute Gasteiger partial charge is 0.406 e. The number of carbonyl (C=O) groups is 2. The maximum atomic E-state index is 13.4. The first kappa shape index (κ1) is 32.6. The van der Waals surface area contributed by atoms with Crippen molar-refractivity contribution in [2.75, 3.05) is 13.6 Å². The highest BCUT2D eigenvalue weighted by molar-refractivity contribution is 7.09. The van der Waals surface area contributed by atoms with Crippen LogP contribution in [0.5, 0.6) is 5.75 Å². The fraction of sp³-hybridized carbons (Fsp3) is 0.281. The Morgan fingerprint density at radius 3 is 2.41 bits per heavy atom. The van der Waals surface area contributed by atoms with E-state index < -0.39 is 24.4 Å². The Kier molecular flexibility index (Phi) is 11.1. The van der Waals surface area contributed by atoms with E-state index in [1.807, 2.05) is 42.6 Å². The Labute approximate surface area is 257 Å². The third kappa shape index (κ3) is 9.90. The second kappa shape index (κ2) is 15.0. The number of amides is 2. The van der Waals surface area contributed by atoms with Gasteiger partial charge in [-0.2, -0.15) is 0 Å². The second-order valence-corrected chi connectivity index (χ2v) is 11.2. The summed E-state index contributed by atoms with van der Waals surface area (Å²) in [6.07, 6.45) is -5.53. The zero-order chi connectivity index (χ0) is 31.7. The van der Waals surface area contributed by atoms with Crippen LogP contribution in [0.15, 0.2) is 84.2 Å². The van der Waals surface area contributed by atoms with E-state index in [1.165, 1.54) is 40.5 Å². The van der Waals surface area contributed by atoms with Crippen molar-refractivity contribution in [1.29, 1.82) is 0 Å². The summed E-state index contributed by atoms with van der Waals surface area (Å²) in [4.78, 5) is 32.4. The quantitative estimate of drug-likeness (QED) is 0.191. The summed E-state index contributed by atoms with van der Waals surface area (Å²) in [7, 11) is 1.67. The highest BCUT2D eigenvalue weighted by Crippen LogP contribution is 2.23. The molecule has 8 nitrogen and oxygen atoms in total. The van der Waals surface area contributed by atoms with Gasteiger partial charge in [0, 0.05) is 42.3 Å². The summed E-state index contributed by atoms with van der Waals surface area (Å²) in [5.74, 6) is -1.06. The number of nitrogens with one attached hydrogen (secondary N) is 2. The fourth-order valence-corrected chi connectivity index (χ4v) is 5.35. The monoisotopic (exact) mass is 626 g/mol. The van der Waals surface area contributed by atoms with Gasteiger partial charge in [0.1, 0.15) is 10.8 Å². The van der Waals surface area contributed by atoms with Crippen molar-refractivity contribution in [2.45, 2.75) is 44.9 Å². The van der Waals surface area contributed by atoms with Gasteiger partial charge >= 0.3 is 6.36 Å². The lowest BCUT2D eigenvalue weighted by Gasteiger charge is -2.25. The molecule has 0 spiro atoms. The first-order valence-electron chi connectivity index (χ1n) is 13.8. The van der Waals surface area contributed by atoms with Crippen LogP contribution in [0.3, 0.4) is 0 Å². The topological polar surface area (TPSA) is 104 Å². The van der Waals surface area contributed by atoms with Crippen molar-refractivity contribution in [3.05, 3.63) is 117 Å². The molecule has 0 bridgehead atoms. The lowest BCUT2D eigenvalue weighted by molar-refractivity contribution is -0.274. The van der Waals surface area contributed by atoms with Gasteiger partial charge < -0.3 is 25.4 Å². The van der Waals surface area contributed by atoms with Crippen LogP contribution < -0.4 is 15.4 Å². The molecule has 0 unspecified atom stereocenters. The van der Waals surface area contributed by atoms with Gasteiger partial charge in [-0.15, -0.1) is 24.5 Å². The number of aliphatic hydroxyl groups excluding tert-OH is 1. The van der Waals surface area contributed by atoms with E-state index in [9.17, 15) is 27.9 Å². The summed E-state index contributed by atoms with van der Waals surface area (Å²) in [6.45, 7) is 2.43. The van der Waals surface area contributed by atoms with Crippen LogP contribution >= 0.6 is 11.3 Å². The summed E-state index contributed by atoms with van der Waals surface area (Å²) in [5.41, 5.74) is 2.90. The maximum Gasteiger partial charge on any atom is 0.573 e. The van der Waals surface area contributed by atoms with E-state index in [2.05, 4.69) is 20.4 Å². The minimum absolute atomic E-state index is 0.0433. The Morgan fingerprint density at radius 2 is 1.70 bits per heavy atom. The van der Waals surface area contributed by atoms with Crippen LogP contribution in [-0.4, -0.2) is 58.9 Å². The van der Waals surface area contributed by atoms with Crippen LogP contribution in [-0.2, 0) is 19.5 Å². The Balaban J connectivity index is 1.41. The fourth-order valence-electron chi connectivity index (χ4n) is 4.53. The minimum Gasteiger partial charge on any atom is -0.406 e. The molecule has 44 heavy (non-hydrogen) atoms. The number of carbonyl (C=O) groups excluding carboxylic acids is 2. The lowest BCUT2D eigenvalue weighted by atomic mass is 10.00. The number of nitrogens with zero attached hydrogens (tertiary/aromatic N) is 2. The predicted octanol–water partition coefficient (Wildman–Crippen LogP) is 5.11. The predicted molar refractivity (Wildman–Crippen MR) is 161 cm³/mol. The molecular weight excluding hydrogens is 593 g/mol. The molecule has 0 saturated heterocycles. The van der Waals surface area contributed by atoms with Crippen molar-refractivity contribution in [2.24, 2.45) is 0 Å². The van der Waals surface area contributed by atoms with E-state index in [0.717, 1.165) is 16.3 Å². The number of rotatable bonds is 13. The van der Waals surface area contributed by atoms with Crippen LogP contribution in [0.1, 0.15) is 42.5 Å². The van der Waals surface area contributed by atoms with Gasteiger partial charge in [-0.25, -0.2) is 4.98 Å². The van der Waals surface area contributed by atoms with Crippen LogP contribution in [0.2, 0.25) is 0 Å². The number of halogens is 3. The molecule has 0 aliphatic heterocycles. The molecule has 0 fully saturated rings. The van der Waals surface area contributed by atoms with Gasteiger partial charge in [-0.05, 0) is 54.8 Å². The first-order chi connectivity index (χ1) is 21.0. The number of aromatic nitrogens is 1. The van der Waals surface area contributed by atoms with Gasteiger partial charge in [0.2, 0.25) is 0 Å². The Hall–Kier alpha value is -4.26. The highest BCUT2D eigenvalue weighted by Gasteiger charge is 2.31.